The molecule has 2 heteroatoms. The first-order valence-electron chi connectivity index (χ1n) is 7.15. The van der Waals surface area contributed by atoms with Gasteiger partial charge in [-0.1, -0.05) is 37.0 Å². The van der Waals surface area contributed by atoms with Gasteiger partial charge in [0.25, 0.3) is 0 Å². The van der Waals surface area contributed by atoms with Gasteiger partial charge in [-0.05, 0) is 51.1 Å². The van der Waals surface area contributed by atoms with Crippen LogP contribution in [0.25, 0.3) is 0 Å². The van der Waals surface area contributed by atoms with Crippen LogP contribution in [0.1, 0.15) is 33.3 Å². The number of nitrogens with zero attached hydrogens (tertiary/aromatic N) is 1. The number of nitrogen functional groups attached to an aromatic ring is 1. The monoisotopic (exact) mass is 270 g/mol. The molecule has 20 heavy (non-hydrogen) atoms. The zero-order valence-electron chi connectivity index (χ0n) is 13.1. The summed E-state index contributed by atoms with van der Waals surface area (Å²) in [6.45, 7) is 11.3. The van der Waals surface area contributed by atoms with Gasteiger partial charge in [0.1, 0.15) is 0 Å². The normalized spacial score (nSPS) is 11.7. The lowest BCUT2D eigenvalue weighted by atomic mass is 9.98. The Morgan fingerprint density at radius 1 is 1.30 bits per heavy atom. The summed E-state index contributed by atoms with van der Waals surface area (Å²) in [5.41, 5.74) is 7.95. The largest absolute Gasteiger partial charge is 0.399 e. The Bertz CT molecular complexity index is 498. The van der Waals surface area contributed by atoms with Crippen LogP contribution in [0.3, 0.4) is 0 Å². The Morgan fingerprint density at radius 3 is 2.65 bits per heavy atom. The second kappa shape index (κ2) is 7.77. The molecule has 1 rings (SSSR count). The Morgan fingerprint density at radius 2 is 2.05 bits per heavy atom. The van der Waals surface area contributed by atoms with Gasteiger partial charge >= 0.3 is 0 Å². The average Bonchev–Trinajstić information content (AvgIpc) is 2.35. The third kappa shape index (κ3) is 7.01. The Labute approximate surface area is 123 Å². The average molecular weight is 270 g/mol. The maximum atomic E-state index is 5.81. The van der Waals surface area contributed by atoms with Gasteiger partial charge in [-0.15, -0.1) is 0 Å². The lowest BCUT2D eigenvalue weighted by Gasteiger charge is -2.18. The number of likely N-dealkylation sites (N-methyl/N-ethyl adjacent to an activating group) is 1. The van der Waals surface area contributed by atoms with Gasteiger partial charge in [0.2, 0.25) is 0 Å². The maximum Gasteiger partial charge on any atom is 0.0317 e. The van der Waals surface area contributed by atoms with E-state index in [1.165, 1.54) is 5.56 Å². The van der Waals surface area contributed by atoms with Gasteiger partial charge in [0.05, 0.1) is 0 Å². The molecule has 2 N–H and O–H groups in total. The van der Waals surface area contributed by atoms with Gasteiger partial charge in [-0.25, -0.2) is 0 Å². The third-order valence-electron chi connectivity index (χ3n) is 2.82. The molecule has 0 radical (unpaired) electrons. The predicted molar refractivity (Wildman–Crippen MR) is 88.2 cm³/mol. The highest BCUT2D eigenvalue weighted by molar-refractivity contribution is 5.40. The second-order valence-corrected chi connectivity index (χ2v) is 5.99. The summed E-state index contributed by atoms with van der Waals surface area (Å²) in [6.07, 6.45) is 4.07. The Kier molecular flexibility index (Phi) is 6.35. The molecular formula is C18H26N2. The fourth-order valence-electron chi connectivity index (χ4n) is 1.77. The van der Waals surface area contributed by atoms with Crippen LogP contribution in [0.5, 0.6) is 0 Å². The Hall–Kier alpha value is -1.72. The maximum absolute atomic E-state index is 5.81. The summed E-state index contributed by atoms with van der Waals surface area (Å²) in [4.78, 5) is 2.35. The van der Waals surface area contributed by atoms with E-state index in [-0.39, 0.29) is 5.41 Å². The zero-order chi connectivity index (χ0) is 15.0. The van der Waals surface area contributed by atoms with E-state index in [4.69, 9.17) is 5.73 Å². The molecule has 0 amide bonds. The number of hydrogen-bond acceptors (Lipinski definition) is 2. The van der Waals surface area contributed by atoms with Crippen LogP contribution in [0.15, 0.2) is 36.4 Å². The molecular weight excluding hydrogens is 244 g/mol. The van der Waals surface area contributed by atoms with E-state index in [2.05, 4.69) is 56.6 Å². The van der Waals surface area contributed by atoms with E-state index in [0.717, 1.165) is 25.3 Å². The molecule has 0 heterocycles. The lowest BCUT2D eigenvalue weighted by Crippen LogP contribution is -2.22. The van der Waals surface area contributed by atoms with Gasteiger partial charge in [0.15, 0.2) is 0 Å². The molecule has 0 aliphatic heterocycles. The number of rotatable bonds is 5. The van der Waals surface area contributed by atoms with Crippen molar-refractivity contribution in [3.8, 4) is 11.8 Å². The first kappa shape index (κ1) is 16.3. The minimum absolute atomic E-state index is 0.0658. The molecule has 0 aromatic heterocycles. The van der Waals surface area contributed by atoms with Crippen molar-refractivity contribution in [2.45, 2.75) is 34.2 Å². The van der Waals surface area contributed by atoms with Crippen LogP contribution in [0.4, 0.5) is 5.69 Å². The smallest absolute Gasteiger partial charge is 0.0317 e. The number of allylic oxidation sites excluding steroid dienone is 1. The number of benzene rings is 1. The highest BCUT2D eigenvalue weighted by Crippen LogP contribution is 2.10. The number of nitrogens with two attached hydrogens (primary N) is 1. The first-order valence-corrected chi connectivity index (χ1v) is 7.15. The molecule has 0 bridgehead atoms. The molecule has 0 fully saturated rings. The van der Waals surface area contributed by atoms with E-state index in [9.17, 15) is 0 Å². The lowest BCUT2D eigenvalue weighted by molar-refractivity contribution is 0.311. The standard InChI is InChI=1S/C18H26N2/c1-5-20(13-8-6-7-12-18(2,3)4)15-16-10-9-11-17(19)14-16/h6,8-11,14H,5,13,15,19H2,1-4H3. The third-order valence-corrected chi connectivity index (χ3v) is 2.82. The van der Waals surface area contributed by atoms with E-state index >= 15 is 0 Å². The van der Waals surface area contributed by atoms with Gasteiger partial charge in [-0.3, -0.25) is 4.90 Å². The van der Waals surface area contributed by atoms with Crippen molar-refractivity contribution in [3.05, 3.63) is 42.0 Å². The second-order valence-electron chi connectivity index (χ2n) is 5.99. The summed E-state index contributed by atoms with van der Waals surface area (Å²) in [5.74, 6) is 6.30. The molecule has 0 atom stereocenters. The minimum Gasteiger partial charge on any atom is -0.399 e. The molecule has 0 aliphatic carbocycles. The van der Waals surface area contributed by atoms with Crippen LogP contribution in [-0.4, -0.2) is 18.0 Å². The van der Waals surface area contributed by atoms with Crippen LogP contribution in [0.2, 0.25) is 0 Å². The molecule has 0 saturated heterocycles. The van der Waals surface area contributed by atoms with E-state index < -0.39 is 0 Å². The van der Waals surface area contributed by atoms with Crippen molar-refractivity contribution in [3.63, 3.8) is 0 Å². The van der Waals surface area contributed by atoms with Gasteiger partial charge < -0.3 is 5.73 Å². The van der Waals surface area contributed by atoms with Crippen molar-refractivity contribution in [2.75, 3.05) is 18.8 Å². The topological polar surface area (TPSA) is 29.3 Å². The van der Waals surface area contributed by atoms with Gasteiger partial charge in [-0.2, -0.15) is 0 Å². The SMILES string of the molecule is CCN(CC=CC#CC(C)(C)C)Cc1cccc(N)c1. The fourth-order valence-corrected chi connectivity index (χ4v) is 1.77. The number of hydrogen-bond donors (Lipinski definition) is 1. The van der Waals surface area contributed by atoms with Crippen molar-refractivity contribution in [1.82, 2.24) is 4.90 Å². The predicted octanol–water partition coefficient (Wildman–Crippen LogP) is 3.70. The molecule has 0 aliphatic rings. The van der Waals surface area contributed by atoms with Crippen LogP contribution < -0.4 is 5.73 Å². The highest BCUT2D eigenvalue weighted by Gasteiger charge is 2.03. The molecule has 0 spiro atoms. The van der Waals surface area contributed by atoms with Crippen LogP contribution >= 0.6 is 0 Å². The molecule has 108 valence electrons. The Balaban J connectivity index is 2.51. The fraction of sp³-hybridized carbons (Fsp3) is 0.444. The van der Waals surface area contributed by atoms with Crippen molar-refractivity contribution in [1.29, 1.82) is 0 Å². The van der Waals surface area contributed by atoms with E-state index in [0.29, 0.717) is 0 Å². The molecule has 1 aromatic rings. The van der Waals surface area contributed by atoms with E-state index in [1.807, 2.05) is 24.3 Å². The summed E-state index contributed by atoms with van der Waals surface area (Å²) >= 11 is 0. The summed E-state index contributed by atoms with van der Waals surface area (Å²) < 4.78 is 0. The van der Waals surface area contributed by atoms with E-state index in [1.54, 1.807) is 0 Å². The first-order chi connectivity index (χ1) is 9.40. The zero-order valence-corrected chi connectivity index (χ0v) is 13.1. The van der Waals surface area contributed by atoms with Crippen molar-refractivity contribution in [2.24, 2.45) is 5.41 Å². The molecule has 0 unspecified atom stereocenters. The van der Waals surface area contributed by atoms with Crippen LogP contribution in [0, 0.1) is 17.3 Å². The highest BCUT2D eigenvalue weighted by atomic mass is 15.1. The van der Waals surface area contributed by atoms with Crippen molar-refractivity contribution >= 4 is 5.69 Å². The summed E-state index contributed by atoms with van der Waals surface area (Å²) in [7, 11) is 0. The quantitative estimate of drug-likeness (QED) is 0.653. The van der Waals surface area contributed by atoms with Crippen molar-refractivity contribution < 1.29 is 0 Å². The van der Waals surface area contributed by atoms with Crippen LogP contribution in [-0.2, 0) is 6.54 Å². The van der Waals surface area contributed by atoms with Gasteiger partial charge in [0, 0.05) is 24.2 Å². The molecule has 2 nitrogen and oxygen atoms in total. The molecule has 0 saturated carbocycles. The minimum atomic E-state index is 0.0658. The summed E-state index contributed by atoms with van der Waals surface area (Å²) in [6, 6.07) is 8.07. The molecule has 1 aromatic carbocycles. The number of anilines is 1. The summed E-state index contributed by atoms with van der Waals surface area (Å²) in [5, 5.41) is 0.